The van der Waals surface area contributed by atoms with Crippen LogP contribution < -0.4 is 0 Å². The Bertz CT molecular complexity index is 1610. The molecule has 0 spiro atoms. The zero-order valence-electron chi connectivity index (χ0n) is 20.0. The molecular formula is C33H23N3O. The summed E-state index contributed by atoms with van der Waals surface area (Å²) in [5.41, 5.74) is 8.14. The Morgan fingerprint density at radius 1 is 0.432 bits per heavy atom. The fraction of sp³-hybridized carbons (Fsp3) is 0. The highest BCUT2D eigenvalue weighted by Crippen LogP contribution is 2.34. The smallest absolute Gasteiger partial charge is 0.160 e. The number of benzene rings is 4. The number of hydrogen-bond donors (Lipinski definition) is 1. The Labute approximate surface area is 215 Å². The second kappa shape index (κ2) is 9.88. The van der Waals surface area contributed by atoms with Gasteiger partial charge in [0.2, 0.25) is 0 Å². The monoisotopic (exact) mass is 477 g/mol. The second-order valence-corrected chi connectivity index (χ2v) is 8.72. The lowest BCUT2D eigenvalue weighted by molar-refractivity contribution is 0.477. The lowest BCUT2D eigenvalue weighted by atomic mass is 9.98. The average molecular weight is 478 g/mol. The van der Waals surface area contributed by atoms with E-state index in [2.05, 4.69) is 41.4 Å². The summed E-state index contributed by atoms with van der Waals surface area (Å²) in [6, 6.07) is 41.8. The summed E-state index contributed by atoms with van der Waals surface area (Å²) in [7, 11) is 0. The van der Waals surface area contributed by atoms with Crippen molar-refractivity contribution in [3.8, 4) is 62.0 Å². The molecule has 176 valence electrons. The molecule has 0 saturated carbocycles. The van der Waals surface area contributed by atoms with Crippen molar-refractivity contribution in [1.82, 2.24) is 15.0 Å². The van der Waals surface area contributed by atoms with Gasteiger partial charge in [0.25, 0.3) is 0 Å². The van der Waals surface area contributed by atoms with Crippen molar-refractivity contribution in [3.05, 3.63) is 134 Å². The maximum absolute atomic E-state index is 10.5. The number of aromatic nitrogens is 3. The molecule has 37 heavy (non-hydrogen) atoms. The maximum Gasteiger partial charge on any atom is 0.160 e. The van der Waals surface area contributed by atoms with Gasteiger partial charge in [0, 0.05) is 28.5 Å². The van der Waals surface area contributed by atoms with Crippen LogP contribution >= 0.6 is 0 Å². The second-order valence-electron chi connectivity index (χ2n) is 8.72. The summed E-state index contributed by atoms with van der Waals surface area (Å²) >= 11 is 0. The maximum atomic E-state index is 10.5. The van der Waals surface area contributed by atoms with Crippen molar-refractivity contribution in [2.24, 2.45) is 0 Å². The number of phenolic OH excluding ortho intramolecular Hbond substituents is 1. The van der Waals surface area contributed by atoms with Gasteiger partial charge < -0.3 is 5.11 Å². The molecule has 6 aromatic rings. The lowest BCUT2D eigenvalue weighted by Crippen LogP contribution is -1.96. The molecule has 6 rings (SSSR count). The summed E-state index contributed by atoms with van der Waals surface area (Å²) in [5.74, 6) is 0.857. The van der Waals surface area contributed by atoms with Crippen LogP contribution in [0.5, 0.6) is 5.75 Å². The van der Waals surface area contributed by atoms with Gasteiger partial charge >= 0.3 is 0 Å². The first-order valence-electron chi connectivity index (χ1n) is 12.1. The molecule has 0 bridgehead atoms. The van der Waals surface area contributed by atoms with Crippen LogP contribution in [0.25, 0.3) is 56.3 Å². The van der Waals surface area contributed by atoms with E-state index < -0.39 is 0 Å². The minimum atomic E-state index is 0.199. The predicted octanol–water partition coefficient (Wildman–Crippen LogP) is 7.91. The molecule has 0 amide bonds. The van der Waals surface area contributed by atoms with E-state index in [0.717, 1.165) is 44.9 Å². The third kappa shape index (κ3) is 4.73. The number of rotatable bonds is 5. The highest BCUT2D eigenvalue weighted by atomic mass is 16.3. The Kier molecular flexibility index (Phi) is 5.97. The van der Waals surface area contributed by atoms with Crippen LogP contribution in [0.15, 0.2) is 134 Å². The minimum absolute atomic E-state index is 0.199. The molecule has 4 heteroatoms. The Morgan fingerprint density at radius 2 is 1.03 bits per heavy atom. The Morgan fingerprint density at radius 3 is 1.68 bits per heavy atom. The van der Waals surface area contributed by atoms with Gasteiger partial charge in [-0.3, -0.25) is 4.98 Å². The van der Waals surface area contributed by atoms with Gasteiger partial charge in [0.15, 0.2) is 5.82 Å². The van der Waals surface area contributed by atoms with Crippen molar-refractivity contribution in [3.63, 3.8) is 0 Å². The highest BCUT2D eigenvalue weighted by Gasteiger charge is 2.13. The number of aromatic hydroxyl groups is 1. The molecule has 0 atom stereocenters. The summed E-state index contributed by atoms with van der Waals surface area (Å²) in [6.45, 7) is 0. The molecule has 0 aliphatic heterocycles. The molecule has 0 saturated heterocycles. The van der Waals surface area contributed by atoms with E-state index in [9.17, 15) is 5.11 Å². The van der Waals surface area contributed by atoms with E-state index in [4.69, 9.17) is 9.97 Å². The first kappa shape index (κ1) is 22.4. The van der Waals surface area contributed by atoms with Gasteiger partial charge in [-0.1, -0.05) is 91.0 Å². The van der Waals surface area contributed by atoms with Crippen LogP contribution in [-0.4, -0.2) is 20.1 Å². The third-order valence-corrected chi connectivity index (χ3v) is 6.26. The normalized spacial score (nSPS) is 10.8. The molecule has 0 aliphatic rings. The van der Waals surface area contributed by atoms with Crippen molar-refractivity contribution in [2.45, 2.75) is 0 Å². The first-order valence-corrected chi connectivity index (χ1v) is 12.1. The first-order chi connectivity index (χ1) is 18.2. The molecule has 1 N–H and O–H groups in total. The molecular weight excluding hydrogens is 454 g/mol. The van der Waals surface area contributed by atoms with Crippen LogP contribution in [0.2, 0.25) is 0 Å². The van der Waals surface area contributed by atoms with Crippen molar-refractivity contribution in [1.29, 1.82) is 0 Å². The van der Waals surface area contributed by atoms with Gasteiger partial charge in [0.05, 0.1) is 17.1 Å². The van der Waals surface area contributed by atoms with Gasteiger partial charge in [-0.2, -0.15) is 0 Å². The lowest BCUT2D eigenvalue weighted by Gasteiger charge is -2.11. The van der Waals surface area contributed by atoms with E-state index in [0.29, 0.717) is 11.4 Å². The SMILES string of the molecule is Oc1ccc(-c2cccc(-c3nc(-c4ccccc4)cc(-c4ccccc4)n3)c2)cc1-c1ccccn1. The van der Waals surface area contributed by atoms with Gasteiger partial charge in [0.1, 0.15) is 5.75 Å². The molecule has 0 fully saturated rings. The average Bonchev–Trinajstić information content (AvgIpc) is 2.98. The van der Waals surface area contributed by atoms with E-state index in [1.165, 1.54) is 0 Å². The minimum Gasteiger partial charge on any atom is -0.507 e. The molecule has 2 heterocycles. The molecule has 2 aromatic heterocycles. The topological polar surface area (TPSA) is 58.9 Å². The van der Waals surface area contributed by atoms with Crippen LogP contribution in [0.3, 0.4) is 0 Å². The molecule has 4 aromatic carbocycles. The van der Waals surface area contributed by atoms with E-state index >= 15 is 0 Å². The number of nitrogens with zero attached hydrogens (tertiary/aromatic N) is 3. The zero-order valence-corrected chi connectivity index (χ0v) is 20.0. The predicted molar refractivity (Wildman–Crippen MR) is 149 cm³/mol. The standard InChI is InChI=1S/C33H23N3O/c37-32-18-17-26(21-28(32)29-16-7-8-19-34-29)25-14-9-15-27(20-25)33-35-30(23-10-3-1-4-11-23)22-31(36-33)24-12-5-2-6-13-24/h1-22,37H. The summed E-state index contributed by atoms with van der Waals surface area (Å²) < 4.78 is 0. The molecule has 0 aliphatic carbocycles. The van der Waals surface area contributed by atoms with Crippen molar-refractivity contribution >= 4 is 0 Å². The van der Waals surface area contributed by atoms with E-state index in [-0.39, 0.29) is 5.75 Å². The van der Waals surface area contributed by atoms with E-state index in [1.54, 1.807) is 12.3 Å². The van der Waals surface area contributed by atoms with E-state index in [1.807, 2.05) is 84.9 Å². The van der Waals surface area contributed by atoms with Crippen molar-refractivity contribution in [2.75, 3.05) is 0 Å². The summed E-state index contributed by atoms with van der Waals surface area (Å²) in [4.78, 5) is 14.3. The number of phenols is 1. The Hall–Kier alpha value is -5.09. The fourth-order valence-corrected chi connectivity index (χ4v) is 4.37. The van der Waals surface area contributed by atoms with Crippen LogP contribution in [0.1, 0.15) is 0 Å². The fourth-order valence-electron chi connectivity index (χ4n) is 4.37. The van der Waals surface area contributed by atoms with Crippen LogP contribution in [0.4, 0.5) is 0 Å². The summed E-state index contributed by atoms with van der Waals surface area (Å²) in [6.07, 6.45) is 1.73. The highest BCUT2D eigenvalue weighted by molar-refractivity contribution is 5.78. The molecule has 4 nitrogen and oxygen atoms in total. The number of hydrogen-bond acceptors (Lipinski definition) is 4. The Balaban J connectivity index is 1.46. The number of pyridine rings is 1. The van der Waals surface area contributed by atoms with Gasteiger partial charge in [-0.25, -0.2) is 9.97 Å². The third-order valence-electron chi connectivity index (χ3n) is 6.26. The molecule has 0 radical (unpaired) electrons. The zero-order chi connectivity index (χ0) is 25.0. The van der Waals surface area contributed by atoms with Crippen molar-refractivity contribution < 1.29 is 5.11 Å². The quantitative estimate of drug-likeness (QED) is 0.274. The van der Waals surface area contributed by atoms with Crippen LogP contribution in [0, 0.1) is 0 Å². The van der Waals surface area contributed by atoms with Gasteiger partial charge in [-0.05, 0) is 47.5 Å². The van der Waals surface area contributed by atoms with Gasteiger partial charge in [-0.15, -0.1) is 0 Å². The summed E-state index contributed by atoms with van der Waals surface area (Å²) in [5, 5.41) is 10.5. The largest absolute Gasteiger partial charge is 0.507 e. The van der Waals surface area contributed by atoms with Crippen LogP contribution in [-0.2, 0) is 0 Å². The molecule has 0 unspecified atom stereocenters.